The first kappa shape index (κ1) is 14.0. The van der Waals surface area contributed by atoms with Crippen molar-refractivity contribution in [2.45, 2.75) is 18.6 Å². The van der Waals surface area contributed by atoms with E-state index in [1.165, 1.54) is 18.1 Å². The van der Waals surface area contributed by atoms with E-state index in [9.17, 15) is 14.7 Å². The van der Waals surface area contributed by atoms with Gasteiger partial charge in [0.25, 0.3) is 5.91 Å². The Hall–Kier alpha value is -2.39. The SMILES string of the molecule is COC(=O)C1CC(O)CN1C(=O)c1cccc(C#N)c1. The fourth-order valence-corrected chi connectivity index (χ4v) is 2.29. The van der Waals surface area contributed by atoms with Gasteiger partial charge >= 0.3 is 5.97 Å². The lowest BCUT2D eigenvalue weighted by Crippen LogP contribution is -2.41. The number of esters is 1. The highest BCUT2D eigenvalue weighted by Crippen LogP contribution is 2.22. The molecule has 20 heavy (non-hydrogen) atoms. The van der Waals surface area contributed by atoms with Gasteiger partial charge in [-0.3, -0.25) is 4.79 Å². The summed E-state index contributed by atoms with van der Waals surface area (Å²) in [6, 6.07) is 7.40. The smallest absolute Gasteiger partial charge is 0.328 e. The Kier molecular flexibility index (Phi) is 4.01. The summed E-state index contributed by atoms with van der Waals surface area (Å²) in [7, 11) is 1.24. The van der Waals surface area contributed by atoms with Crippen molar-refractivity contribution in [1.29, 1.82) is 5.26 Å². The number of carbonyl (C=O) groups is 2. The van der Waals surface area contributed by atoms with Crippen LogP contribution in [-0.4, -0.2) is 47.7 Å². The summed E-state index contributed by atoms with van der Waals surface area (Å²) in [5, 5.41) is 18.5. The number of rotatable bonds is 2. The molecule has 0 bridgehead atoms. The fourth-order valence-electron chi connectivity index (χ4n) is 2.29. The first-order chi connectivity index (χ1) is 9.56. The van der Waals surface area contributed by atoms with Gasteiger partial charge in [-0.1, -0.05) is 6.07 Å². The van der Waals surface area contributed by atoms with Gasteiger partial charge in [0.1, 0.15) is 6.04 Å². The Morgan fingerprint density at radius 2 is 2.25 bits per heavy atom. The van der Waals surface area contributed by atoms with Crippen LogP contribution in [0.5, 0.6) is 0 Å². The van der Waals surface area contributed by atoms with E-state index >= 15 is 0 Å². The van der Waals surface area contributed by atoms with Gasteiger partial charge in [-0.15, -0.1) is 0 Å². The largest absolute Gasteiger partial charge is 0.467 e. The minimum Gasteiger partial charge on any atom is -0.467 e. The molecule has 2 unspecified atom stereocenters. The highest BCUT2D eigenvalue weighted by Gasteiger charge is 2.39. The van der Waals surface area contributed by atoms with Gasteiger partial charge in [0, 0.05) is 18.5 Å². The second kappa shape index (κ2) is 5.72. The number of methoxy groups -OCH3 is 1. The summed E-state index contributed by atoms with van der Waals surface area (Å²) in [5.41, 5.74) is 0.678. The van der Waals surface area contributed by atoms with Crippen LogP contribution >= 0.6 is 0 Å². The van der Waals surface area contributed by atoms with Crippen molar-refractivity contribution in [1.82, 2.24) is 4.90 Å². The van der Waals surface area contributed by atoms with Crippen LogP contribution in [0.3, 0.4) is 0 Å². The van der Waals surface area contributed by atoms with E-state index in [1.807, 2.05) is 6.07 Å². The fraction of sp³-hybridized carbons (Fsp3) is 0.357. The molecule has 104 valence electrons. The van der Waals surface area contributed by atoms with Crippen LogP contribution in [0.15, 0.2) is 24.3 Å². The van der Waals surface area contributed by atoms with E-state index in [-0.39, 0.29) is 13.0 Å². The number of hydrogen-bond acceptors (Lipinski definition) is 5. The quantitative estimate of drug-likeness (QED) is 0.784. The van der Waals surface area contributed by atoms with Crippen LogP contribution in [-0.2, 0) is 9.53 Å². The second-order valence-corrected chi connectivity index (χ2v) is 4.58. The third kappa shape index (κ3) is 2.63. The van der Waals surface area contributed by atoms with Gasteiger partial charge in [-0.2, -0.15) is 5.26 Å². The molecule has 0 spiro atoms. The number of hydrogen-bond donors (Lipinski definition) is 1. The highest BCUT2D eigenvalue weighted by atomic mass is 16.5. The summed E-state index contributed by atoms with van der Waals surface area (Å²) in [6.45, 7) is 0.0788. The zero-order valence-corrected chi connectivity index (χ0v) is 10.9. The second-order valence-electron chi connectivity index (χ2n) is 4.58. The van der Waals surface area contributed by atoms with Crippen LogP contribution < -0.4 is 0 Å². The maximum absolute atomic E-state index is 12.4. The Bertz CT molecular complexity index is 579. The van der Waals surface area contributed by atoms with E-state index in [1.54, 1.807) is 18.2 Å². The van der Waals surface area contributed by atoms with Crippen molar-refractivity contribution in [3.8, 4) is 6.07 Å². The van der Waals surface area contributed by atoms with Gasteiger partial charge < -0.3 is 14.7 Å². The van der Waals surface area contributed by atoms with Crippen LogP contribution in [0.1, 0.15) is 22.3 Å². The summed E-state index contributed by atoms with van der Waals surface area (Å²) in [4.78, 5) is 25.3. The van der Waals surface area contributed by atoms with E-state index in [2.05, 4.69) is 4.74 Å². The molecule has 1 fully saturated rings. The minimum atomic E-state index is -0.784. The van der Waals surface area contributed by atoms with Crippen molar-refractivity contribution in [2.24, 2.45) is 0 Å². The molecular weight excluding hydrogens is 260 g/mol. The molecule has 0 saturated carbocycles. The highest BCUT2D eigenvalue weighted by molar-refractivity contribution is 5.97. The molecule has 1 amide bonds. The molecule has 6 heteroatoms. The zero-order valence-electron chi connectivity index (χ0n) is 10.9. The van der Waals surface area contributed by atoms with Crippen molar-refractivity contribution >= 4 is 11.9 Å². The number of nitriles is 1. The number of likely N-dealkylation sites (tertiary alicyclic amines) is 1. The molecule has 1 aromatic carbocycles. The third-order valence-electron chi connectivity index (χ3n) is 3.25. The summed E-state index contributed by atoms with van der Waals surface area (Å²) in [6.07, 6.45) is -0.585. The number of aliphatic hydroxyl groups is 1. The Labute approximate surface area is 116 Å². The predicted molar refractivity (Wildman–Crippen MR) is 68.6 cm³/mol. The first-order valence-electron chi connectivity index (χ1n) is 6.14. The lowest BCUT2D eigenvalue weighted by molar-refractivity contribution is -0.145. The molecule has 1 N–H and O–H groups in total. The molecule has 1 aliphatic heterocycles. The van der Waals surface area contributed by atoms with Crippen LogP contribution in [0.2, 0.25) is 0 Å². The van der Waals surface area contributed by atoms with E-state index in [0.717, 1.165) is 0 Å². The Morgan fingerprint density at radius 1 is 1.50 bits per heavy atom. The zero-order chi connectivity index (χ0) is 14.7. The van der Waals surface area contributed by atoms with Gasteiger partial charge in [-0.05, 0) is 18.2 Å². The lowest BCUT2D eigenvalue weighted by atomic mass is 10.1. The molecule has 0 aliphatic carbocycles. The number of aliphatic hydroxyl groups excluding tert-OH is 1. The molecule has 0 aromatic heterocycles. The summed E-state index contributed by atoms with van der Waals surface area (Å²) < 4.78 is 4.65. The standard InChI is InChI=1S/C14H14N2O4/c1-20-14(19)12-6-11(17)8-16(12)13(18)10-4-2-3-9(5-10)7-15/h2-5,11-12,17H,6,8H2,1H3. The molecule has 0 radical (unpaired) electrons. The lowest BCUT2D eigenvalue weighted by Gasteiger charge is -2.22. The van der Waals surface area contributed by atoms with Crippen molar-refractivity contribution in [3.63, 3.8) is 0 Å². The number of β-amino-alcohol motifs (C(OH)–C–C–N with tert-alkyl or cyclic N) is 1. The van der Waals surface area contributed by atoms with Gasteiger partial charge in [0.05, 0.1) is 24.8 Å². The monoisotopic (exact) mass is 274 g/mol. The molecule has 1 saturated heterocycles. The Balaban J connectivity index is 2.27. The topological polar surface area (TPSA) is 90.6 Å². The van der Waals surface area contributed by atoms with Crippen molar-refractivity contribution in [3.05, 3.63) is 35.4 Å². The normalized spacial score (nSPS) is 21.4. The van der Waals surface area contributed by atoms with Crippen molar-refractivity contribution in [2.75, 3.05) is 13.7 Å². The predicted octanol–water partition coefficient (Wildman–Crippen LogP) is 0.307. The molecule has 1 aliphatic rings. The maximum Gasteiger partial charge on any atom is 0.328 e. The molecular formula is C14H14N2O4. The number of carbonyl (C=O) groups excluding carboxylic acids is 2. The van der Waals surface area contributed by atoms with Crippen LogP contribution in [0, 0.1) is 11.3 Å². The third-order valence-corrected chi connectivity index (χ3v) is 3.25. The molecule has 1 aromatic rings. The molecule has 2 atom stereocenters. The van der Waals surface area contributed by atoms with Gasteiger partial charge in [0.15, 0.2) is 0 Å². The number of benzene rings is 1. The molecule has 6 nitrogen and oxygen atoms in total. The average Bonchev–Trinajstić information content (AvgIpc) is 2.87. The number of ether oxygens (including phenoxy) is 1. The number of nitrogens with zero attached hydrogens (tertiary/aromatic N) is 2. The minimum absolute atomic E-state index is 0.0788. The average molecular weight is 274 g/mol. The number of amides is 1. The van der Waals surface area contributed by atoms with E-state index < -0.39 is 24.0 Å². The van der Waals surface area contributed by atoms with Gasteiger partial charge in [-0.25, -0.2) is 4.79 Å². The van der Waals surface area contributed by atoms with Gasteiger partial charge in [0.2, 0.25) is 0 Å². The van der Waals surface area contributed by atoms with Crippen LogP contribution in [0.4, 0.5) is 0 Å². The molecule has 2 rings (SSSR count). The summed E-state index contributed by atoms with van der Waals surface area (Å²) >= 11 is 0. The van der Waals surface area contributed by atoms with Crippen LogP contribution in [0.25, 0.3) is 0 Å². The van der Waals surface area contributed by atoms with Crippen molar-refractivity contribution < 1.29 is 19.4 Å². The summed E-state index contributed by atoms with van der Waals surface area (Å²) in [5.74, 6) is -0.944. The van der Waals surface area contributed by atoms with E-state index in [4.69, 9.17) is 5.26 Å². The maximum atomic E-state index is 12.4. The molecule has 1 heterocycles. The van der Waals surface area contributed by atoms with E-state index in [0.29, 0.717) is 11.1 Å². The first-order valence-corrected chi connectivity index (χ1v) is 6.14. The Morgan fingerprint density at radius 3 is 2.90 bits per heavy atom.